The molecule has 0 aliphatic carbocycles. The van der Waals surface area contributed by atoms with E-state index in [1.165, 1.54) is 0 Å². The summed E-state index contributed by atoms with van der Waals surface area (Å²) in [4.78, 5) is 3.17. The van der Waals surface area contributed by atoms with Gasteiger partial charge in [-0.2, -0.15) is 0 Å². The van der Waals surface area contributed by atoms with Crippen molar-refractivity contribution in [2.45, 2.75) is 12.2 Å². The van der Waals surface area contributed by atoms with E-state index in [1.54, 1.807) is 12.1 Å². The fourth-order valence-corrected chi connectivity index (χ4v) is 3.86. The Balaban J connectivity index is 1.63. The van der Waals surface area contributed by atoms with Gasteiger partial charge in [0, 0.05) is 28.7 Å². The molecular weight excluding hydrogens is 332 g/mol. The highest BCUT2D eigenvalue weighted by molar-refractivity contribution is 7.88. The average molecular weight is 349 g/mol. The molecule has 1 heterocycles. The summed E-state index contributed by atoms with van der Waals surface area (Å²) in [6.07, 6.45) is 2.50. The Bertz CT molecular complexity index is 905. The average Bonchev–Trinajstić information content (AvgIpc) is 2.90. The van der Waals surface area contributed by atoms with Gasteiger partial charge in [0.1, 0.15) is 0 Å². The number of sulfonamides is 1. The lowest BCUT2D eigenvalue weighted by Crippen LogP contribution is -2.27. The standard InChI is InChI=1S/C17H17ClN2O2S/c18-15-6-7-17-16(10-15)14(11-19-17)8-9-20-23(21,22)12-13-4-2-1-3-5-13/h1-7,10-11,19-20H,8-9,12H2. The molecule has 0 radical (unpaired) electrons. The molecule has 0 spiro atoms. The predicted octanol–water partition coefficient (Wildman–Crippen LogP) is 3.48. The lowest BCUT2D eigenvalue weighted by Gasteiger charge is -2.06. The van der Waals surface area contributed by atoms with E-state index in [1.807, 2.05) is 42.6 Å². The van der Waals surface area contributed by atoms with E-state index in [9.17, 15) is 8.42 Å². The number of aromatic amines is 1. The quantitative estimate of drug-likeness (QED) is 0.716. The molecule has 23 heavy (non-hydrogen) atoms. The Kier molecular flexibility index (Phi) is 4.71. The van der Waals surface area contributed by atoms with Crippen molar-refractivity contribution in [3.8, 4) is 0 Å². The molecule has 1 aromatic heterocycles. The molecular formula is C17H17ClN2O2S. The van der Waals surface area contributed by atoms with Crippen LogP contribution in [0.2, 0.25) is 5.02 Å². The van der Waals surface area contributed by atoms with Gasteiger partial charge in [0.2, 0.25) is 10.0 Å². The molecule has 4 nitrogen and oxygen atoms in total. The van der Waals surface area contributed by atoms with Gasteiger partial charge in [0.05, 0.1) is 5.75 Å². The number of rotatable bonds is 6. The van der Waals surface area contributed by atoms with Gasteiger partial charge >= 0.3 is 0 Å². The normalized spacial score (nSPS) is 11.9. The fourth-order valence-electron chi connectivity index (χ4n) is 2.54. The van der Waals surface area contributed by atoms with Crippen molar-refractivity contribution in [2.24, 2.45) is 0 Å². The summed E-state index contributed by atoms with van der Waals surface area (Å²) in [7, 11) is -3.34. The van der Waals surface area contributed by atoms with E-state index in [2.05, 4.69) is 9.71 Å². The highest BCUT2D eigenvalue weighted by Gasteiger charge is 2.11. The molecule has 0 aliphatic rings. The molecule has 3 rings (SSSR count). The Labute approximate surface area is 140 Å². The van der Waals surface area contributed by atoms with E-state index in [4.69, 9.17) is 11.6 Å². The van der Waals surface area contributed by atoms with Crippen LogP contribution < -0.4 is 4.72 Å². The Morgan fingerprint density at radius 3 is 2.65 bits per heavy atom. The Morgan fingerprint density at radius 1 is 1.09 bits per heavy atom. The zero-order chi connectivity index (χ0) is 16.3. The van der Waals surface area contributed by atoms with E-state index < -0.39 is 10.0 Å². The maximum atomic E-state index is 12.1. The van der Waals surface area contributed by atoms with Crippen molar-refractivity contribution in [1.82, 2.24) is 9.71 Å². The van der Waals surface area contributed by atoms with Gasteiger partial charge < -0.3 is 4.98 Å². The summed E-state index contributed by atoms with van der Waals surface area (Å²) in [6, 6.07) is 14.8. The van der Waals surface area contributed by atoms with Crippen LogP contribution in [0, 0.1) is 0 Å². The van der Waals surface area contributed by atoms with Crippen LogP contribution in [0.1, 0.15) is 11.1 Å². The summed E-state index contributed by atoms with van der Waals surface area (Å²) in [5.74, 6) is -0.00640. The second kappa shape index (κ2) is 6.74. The van der Waals surface area contributed by atoms with Crippen molar-refractivity contribution >= 4 is 32.5 Å². The third-order valence-corrected chi connectivity index (χ3v) is 5.24. The van der Waals surface area contributed by atoms with E-state index in [0.29, 0.717) is 18.0 Å². The zero-order valence-electron chi connectivity index (χ0n) is 12.4. The second-order valence-electron chi connectivity index (χ2n) is 5.39. The fraction of sp³-hybridized carbons (Fsp3) is 0.176. The smallest absolute Gasteiger partial charge is 0.215 e. The largest absolute Gasteiger partial charge is 0.361 e. The van der Waals surface area contributed by atoms with Gasteiger partial charge in [0.25, 0.3) is 0 Å². The minimum absolute atomic E-state index is 0.00640. The van der Waals surface area contributed by atoms with Crippen molar-refractivity contribution < 1.29 is 8.42 Å². The van der Waals surface area contributed by atoms with Crippen LogP contribution in [0.4, 0.5) is 0 Å². The Morgan fingerprint density at radius 2 is 1.87 bits per heavy atom. The first kappa shape index (κ1) is 16.1. The number of nitrogens with one attached hydrogen (secondary N) is 2. The summed E-state index contributed by atoms with van der Waals surface area (Å²) < 4.78 is 26.9. The number of hydrogen-bond donors (Lipinski definition) is 2. The summed E-state index contributed by atoms with van der Waals surface area (Å²) in [6.45, 7) is 0.356. The van der Waals surface area contributed by atoms with Crippen LogP contribution in [0.3, 0.4) is 0 Å². The van der Waals surface area contributed by atoms with E-state index >= 15 is 0 Å². The molecule has 6 heteroatoms. The molecule has 0 saturated heterocycles. The predicted molar refractivity (Wildman–Crippen MR) is 94.1 cm³/mol. The molecule has 0 aliphatic heterocycles. The molecule has 0 bridgehead atoms. The van der Waals surface area contributed by atoms with Crippen molar-refractivity contribution in [3.63, 3.8) is 0 Å². The molecule has 3 aromatic rings. The van der Waals surface area contributed by atoms with Gasteiger partial charge in [-0.05, 0) is 35.7 Å². The van der Waals surface area contributed by atoms with Gasteiger partial charge in [-0.15, -0.1) is 0 Å². The van der Waals surface area contributed by atoms with Crippen LogP contribution in [0.5, 0.6) is 0 Å². The third kappa shape index (κ3) is 4.13. The van der Waals surface area contributed by atoms with E-state index in [0.717, 1.165) is 22.0 Å². The zero-order valence-corrected chi connectivity index (χ0v) is 14.0. The molecule has 120 valence electrons. The molecule has 2 N–H and O–H groups in total. The first-order valence-corrected chi connectivity index (χ1v) is 9.33. The summed E-state index contributed by atoms with van der Waals surface area (Å²) in [5, 5.41) is 1.70. The SMILES string of the molecule is O=S(=O)(Cc1ccccc1)NCCc1c[nH]c2ccc(Cl)cc12. The van der Waals surface area contributed by atoms with Crippen LogP contribution in [0.25, 0.3) is 10.9 Å². The number of benzene rings is 2. The van der Waals surface area contributed by atoms with Gasteiger partial charge in [-0.1, -0.05) is 41.9 Å². The molecule has 2 aromatic carbocycles. The van der Waals surface area contributed by atoms with Crippen LogP contribution in [0.15, 0.2) is 54.7 Å². The number of fused-ring (bicyclic) bond motifs is 1. The third-order valence-electron chi connectivity index (χ3n) is 3.65. The second-order valence-corrected chi connectivity index (χ2v) is 7.64. The minimum atomic E-state index is -3.34. The molecule has 0 unspecified atom stereocenters. The van der Waals surface area contributed by atoms with Gasteiger partial charge in [-0.25, -0.2) is 13.1 Å². The van der Waals surface area contributed by atoms with Gasteiger partial charge in [0.15, 0.2) is 0 Å². The highest BCUT2D eigenvalue weighted by atomic mass is 35.5. The van der Waals surface area contributed by atoms with Crippen LogP contribution >= 0.6 is 11.6 Å². The van der Waals surface area contributed by atoms with Gasteiger partial charge in [-0.3, -0.25) is 0 Å². The maximum absolute atomic E-state index is 12.1. The van der Waals surface area contributed by atoms with Crippen molar-refractivity contribution in [3.05, 3.63) is 70.9 Å². The van der Waals surface area contributed by atoms with Crippen molar-refractivity contribution in [1.29, 1.82) is 0 Å². The van der Waals surface area contributed by atoms with Crippen LogP contribution in [-0.4, -0.2) is 19.9 Å². The topological polar surface area (TPSA) is 62.0 Å². The molecule has 0 amide bonds. The number of H-pyrrole nitrogens is 1. The number of aromatic nitrogens is 1. The van der Waals surface area contributed by atoms with Crippen molar-refractivity contribution in [2.75, 3.05) is 6.54 Å². The highest BCUT2D eigenvalue weighted by Crippen LogP contribution is 2.22. The molecule has 0 saturated carbocycles. The monoisotopic (exact) mass is 348 g/mol. The first-order chi connectivity index (χ1) is 11.0. The molecule has 0 fully saturated rings. The lowest BCUT2D eigenvalue weighted by molar-refractivity contribution is 0.581. The minimum Gasteiger partial charge on any atom is -0.361 e. The van der Waals surface area contributed by atoms with E-state index in [-0.39, 0.29) is 5.75 Å². The number of hydrogen-bond acceptors (Lipinski definition) is 2. The number of halogens is 1. The maximum Gasteiger partial charge on any atom is 0.215 e. The summed E-state index contributed by atoms with van der Waals surface area (Å²) >= 11 is 6.02. The Hall–Kier alpha value is -1.82. The van der Waals surface area contributed by atoms with Crippen LogP contribution in [-0.2, 0) is 22.2 Å². The lowest BCUT2D eigenvalue weighted by atomic mass is 10.1. The molecule has 0 atom stereocenters. The summed E-state index contributed by atoms with van der Waals surface area (Å²) in [5.41, 5.74) is 2.82. The first-order valence-electron chi connectivity index (χ1n) is 7.30.